The molecule has 0 saturated heterocycles. The van der Waals surface area contributed by atoms with Crippen molar-refractivity contribution in [3.63, 3.8) is 0 Å². The Morgan fingerprint density at radius 1 is 1.44 bits per heavy atom. The van der Waals surface area contributed by atoms with Gasteiger partial charge in [-0.15, -0.1) is 0 Å². The van der Waals surface area contributed by atoms with E-state index in [0.29, 0.717) is 0 Å². The number of hydrogen-bond donors (Lipinski definition) is 1. The predicted molar refractivity (Wildman–Crippen MR) is 65.3 cm³/mol. The Bertz CT molecular complexity index is 273. The van der Waals surface area contributed by atoms with Crippen molar-refractivity contribution >= 4 is 0 Å². The number of aryl methyl sites for hydroxylation is 1. The molecule has 0 aromatic carbocycles. The van der Waals surface area contributed by atoms with Crippen molar-refractivity contribution in [2.45, 2.75) is 39.3 Å². The van der Waals surface area contributed by atoms with Crippen molar-refractivity contribution in [2.24, 2.45) is 0 Å². The quantitative estimate of drug-likeness (QED) is 0.651. The molecule has 1 heterocycles. The van der Waals surface area contributed by atoms with Crippen LogP contribution in [0, 0.1) is 0 Å². The molecule has 0 spiro atoms. The number of nitrogens with zero attached hydrogens (tertiary/aromatic N) is 2. The number of hydrogen-bond acceptors (Lipinski definition) is 3. The summed E-state index contributed by atoms with van der Waals surface area (Å²) < 4.78 is 7.08. The van der Waals surface area contributed by atoms with E-state index in [1.807, 2.05) is 6.20 Å². The first kappa shape index (κ1) is 13.2. The van der Waals surface area contributed by atoms with Crippen molar-refractivity contribution in [3.8, 4) is 0 Å². The Labute approximate surface area is 98.0 Å². The van der Waals surface area contributed by atoms with Gasteiger partial charge < -0.3 is 10.1 Å². The van der Waals surface area contributed by atoms with Gasteiger partial charge in [-0.05, 0) is 12.5 Å². The van der Waals surface area contributed by atoms with Crippen molar-refractivity contribution in [2.75, 3.05) is 20.3 Å². The molecule has 16 heavy (non-hydrogen) atoms. The minimum absolute atomic E-state index is 0.754. The third kappa shape index (κ3) is 4.77. The average Bonchev–Trinajstić information content (AvgIpc) is 2.73. The molecular weight excluding hydrogens is 202 g/mol. The summed E-state index contributed by atoms with van der Waals surface area (Å²) >= 11 is 0. The zero-order valence-electron chi connectivity index (χ0n) is 10.4. The predicted octanol–water partition coefficient (Wildman–Crippen LogP) is 1.81. The molecule has 0 atom stereocenters. The van der Waals surface area contributed by atoms with Crippen LogP contribution < -0.4 is 5.32 Å². The summed E-state index contributed by atoms with van der Waals surface area (Å²) in [6.07, 6.45) is 5.61. The van der Waals surface area contributed by atoms with Gasteiger partial charge in [0, 0.05) is 32.9 Å². The normalized spacial score (nSPS) is 10.9. The summed E-state index contributed by atoms with van der Waals surface area (Å²) in [6, 6.07) is 2.08. The number of nitrogens with one attached hydrogen (secondary N) is 1. The summed E-state index contributed by atoms with van der Waals surface area (Å²) in [5, 5.41) is 7.67. The Kier molecular flexibility index (Phi) is 6.85. The highest BCUT2D eigenvalue weighted by Gasteiger charge is 2.01. The van der Waals surface area contributed by atoms with Gasteiger partial charge in [0.1, 0.15) is 0 Å². The molecule has 0 aliphatic heterocycles. The third-order valence-corrected chi connectivity index (χ3v) is 2.57. The molecule has 0 aliphatic rings. The highest BCUT2D eigenvalue weighted by Crippen LogP contribution is 2.02. The summed E-state index contributed by atoms with van der Waals surface area (Å²) in [7, 11) is 1.72. The van der Waals surface area contributed by atoms with Crippen LogP contribution in [0.15, 0.2) is 12.3 Å². The van der Waals surface area contributed by atoms with E-state index < -0.39 is 0 Å². The van der Waals surface area contributed by atoms with Crippen molar-refractivity contribution < 1.29 is 4.74 Å². The lowest BCUT2D eigenvalue weighted by Crippen LogP contribution is -2.20. The minimum atomic E-state index is 0.754. The molecule has 4 nitrogen and oxygen atoms in total. The third-order valence-electron chi connectivity index (χ3n) is 2.57. The number of ether oxygens (including phenoxy) is 1. The van der Waals surface area contributed by atoms with Crippen LogP contribution in [0.3, 0.4) is 0 Å². The van der Waals surface area contributed by atoms with Crippen LogP contribution in [0.5, 0.6) is 0 Å². The van der Waals surface area contributed by atoms with E-state index in [1.165, 1.54) is 25.0 Å². The maximum atomic E-state index is 4.99. The first-order chi connectivity index (χ1) is 7.88. The molecule has 1 aromatic rings. The zero-order chi connectivity index (χ0) is 11.6. The van der Waals surface area contributed by atoms with Crippen LogP contribution in [-0.2, 0) is 17.8 Å². The number of methoxy groups -OCH3 is 1. The van der Waals surface area contributed by atoms with Gasteiger partial charge in [-0.1, -0.05) is 19.8 Å². The summed E-state index contributed by atoms with van der Waals surface area (Å²) in [6.45, 7) is 5.76. The van der Waals surface area contributed by atoms with Crippen LogP contribution in [-0.4, -0.2) is 30.0 Å². The first-order valence-corrected chi connectivity index (χ1v) is 6.08. The second-order valence-corrected chi connectivity index (χ2v) is 3.92. The average molecular weight is 225 g/mol. The van der Waals surface area contributed by atoms with Crippen LogP contribution in [0.4, 0.5) is 0 Å². The molecule has 0 fully saturated rings. The SMILES string of the molecule is CCCCCn1nccc1CNCCOC. The fraction of sp³-hybridized carbons (Fsp3) is 0.750. The van der Waals surface area contributed by atoms with Crippen LogP contribution in [0.1, 0.15) is 31.9 Å². The summed E-state index contributed by atoms with van der Waals surface area (Å²) in [5.74, 6) is 0. The Hall–Kier alpha value is -0.870. The molecule has 0 amide bonds. The highest BCUT2D eigenvalue weighted by molar-refractivity contribution is 4.99. The smallest absolute Gasteiger partial charge is 0.0587 e. The number of rotatable bonds is 9. The van der Waals surface area contributed by atoms with Gasteiger partial charge in [0.15, 0.2) is 0 Å². The van der Waals surface area contributed by atoms with Gasteiger partial charge >= 0.3 is 0 Å². The van der Waals surface area contributed by atoms with E-state index >= 15 is 0 Å². The topological polar surface area (TPSA) is 39.1 Å². The molecule has 1 rings (SSSR count). The van der Waals surface area contributed by atoms with Crippen LogP contribution in [0.25, 0.3) is 0 Å². The minimum Gasteiger partial charge on any atom is -0.383 e. The van der Waals surface area contributed by atoms with Gasteiger partial charge in [0.2, 0.25) is 0 Å². The summed E-state index contributed by atoms with van der Waals surface area (Å²) in [4.78, 5) is 0. The lowest BCUT2D eigenvalue weighted by Gasteiger charge is -2.08. The molecule has 0 radical (unpaired) electrons. The van der Waals surface area contributed by atoms with Gasteiger partial charge in [0.25, 0.3) is 0 Å². The van der Waals surface area contributed by atoms with Crippen molar-refractivity contribution in [1.29, 1.82) is 0 Å². The molecule has 0 bridgehead atoms. The van der Waals surface area contributed by atoms with E-state index in [2.05, 4.69) is 28.1 Å². The molecule has 92 valence electrons. The monoisotopic (exact) mass is 225 g/mol. The van der Waals surface area contributed by atoms with Gasteiger partial charge in [0.05, 0.1) is 12.3 Å². The largest absolute Gasteiger partial charge is 0.383 e. The van der Waals surface area contributed by atoms with E-state index in [-0.39, 0.29) is 0 Å². The lowest BCUT2D eigenvalue weighted by molar-refractivity contribution is 0.199. The van der Waals surface area contributed by atoms with Crippen molar-refractivity contribution in [3.05, 3.63) is 18.0 Å². The second kappa shape index (κ2) is 8.30. The van der Waals surface area contributed by atoms with E-state index in [1.54, 1.807) is 7.11 Å². The number of unbranched alkanes of at least 4 members (excludes halogenated alkanes) is 2. The Balaban J connectivity index is 2.26. The molecule has 0 unspecified atom stereocenters. The van der Waals surface area contributed by atoms with Gasteiger partial charge in [-0.2, -0.15) is 5.10 Å². The lowest BCUT2D eigenvalue weighted by atomic mass is 10.2. The van der Waals surface area contributed by atoms with E-state index in [4.69, 9.17) is 4.74 Å². The van der Waals surface area contributed by atoms with Gasteiger partial charge in [-0.25, -0.2) is 0 Å². The molecule has 4 heteroatoms. The Morgan fingerprint density at radius 3 is 3.06 bits per heavy atom. The van der Waals surface area contributed by atoms with Crippen LogP contribution >= 0.6 is 0 Å². The molecule has 0 aliphatic carbocycles. The Morgan fingerprint density at radius 2 is 2.31 bits per heavy atom. The maximum absolute atomic E-state index is 4.99. The van der Waals surface area contributed by atoms with Crippen LogP contribution in [0.2, 0.25) is 0 Å². The van der Waals surface area contributed by atoms with E-state index in [0.717, 1.165) is 26.2 Å². The molecule has 1 N–H and O–H groups in total. The fourth-order valence-electron chi connectivity index (χ4n) is 1.61. The standard InChI is InChI=1S/C12H23N3O/c1-3-4-5-9-15-12(6-7-14-15)11-13-8-10-16-2/h6-7,13H,3-5,8-11H2,1-2H3. The number of aromatic nitrogens is 2. The van der Waals surface area contributed by atoms with E-state index in [9.17, 15) is 0 Å². The molecule has 0 saturated carbocycles. The zero-order valence-corrected chi connectivity index (χ0v) is 10.4. The fourth-order valence-corrected chi connectivity index (χ4v) is 1.61. The molecular formula is C12H23N3O. The van der Waals surface area contributed by atoms with Gasteiger partial charge in [-0.3, -0.25) is 4.68 Å². The maximum Gasteiger partial charge on any atom is 0.0587 e. The first-order valence-electron chi connectivity index (χ1n) is 6.08. The van der Waals surface area contributed by atoms with Crippen molar-refractivity contribution in [1.82, 2.24) is 15.1 Å². The molecule has 1 aromatic heterocycles. The highest BCUT2D eigenvalue weighted by atomic mass is 16.5. The summed E-state index contributed by atoms with van der Waals surface area (Å²) in [5.41, 5.74) is 1.26. The second-order valence-electron chi connectivity index (χ2n) is 3.92.